The smallest absolute Gasteiger partial charge is 0.416 e. The van der Waals surface area contributed by atoms with Crippen LogP contribution in [0.2, 0.25) is 0 Å². The number of carbonyl (C=O) groups is 1. The van der Waals surface area contributed by atoms with Crippen LogP contribution in [0.5, 0.6) is 5.75 Å². The van der Waals surface area contributed by atoms with E-state index in [1.807, 2.05) is 12.1 Å². The van der Waals surface area contributed by atoms with Crippen molar-refractivity contribution < 1.29 is 22.7 Å². The van der Waals surface area contributed by atoms with E-state index in [4.69, 9.17) is 4.74 Å². The maximum Gasteiger partial charge on any atom is 0.416 e. The summed E-state index contributed by atoms with van der Waals surface area (Å²) in [6.07, 6.45) is -3.61. The molecule has 162 valence electrons. The molecule has 0 radical (unpaired) electrons. The number of ether oxygens (including phenoxy) is 1. The molecule has 0 aliphatic carbocycles. The number of methoxy groups -OCH3 is 1. The van der Waals surface area contributed by atoms with Gasteiger partial charge >= 0.3 is 6.18 Å². The van der Waals surface area contributed by atoms with Crippen molar-refractivity contribution >= 4 is 11.6 Å². The summed E-state index contributed by atoms with van der Waals surface area (Å²) in [5, 5.41) is 2.77. The third-order valence-electron chi connectivity index (χ3n) is 5.22. The van der Waals surface area contributed by atoms with Crippen LogP contribution in [-0.4, -0.2) is 57.2 Å². The SMILES string of the molecule is COc1ccc(N2CCN(CCCNC(=O)c3ccc(C(F)(F)F)cc3)CC2)cc1. The molecule has 0 saturated carbocycles. The lowest BCUT2D eigenvalue weighted by atomic mass is 10.1. The van der Waals surface area contributed by atoms with Crippen LogP contribution >= 0.6 is 0 Å². The van der Waals surface area contributed by atoms with Crippen molar-refractivity contribution in [3.05, 3.63) is 59.7 Å². The monoisotopic (exact) mass is 421 g/mol. The van der Waals surface area contributed by atoms with Crippen LogP contribution in [0.1, 0.15) is 22.3 Å². The van der Waals surface area contributed by atoms with Crippen LogP contribution in [0.15, 0.2) is 48.5 Å². The van der Waals surface area contributed by atoms with Gasteiger partial charge in [0.2, 0.25) is 0 Å². The molecular formula is C22H26F3N3O2. The molecule has 0 bridgehead atoms. The van der Waals surface area contributed by atoms with Crippen molar-refractivity contribution in [2.24, 2.45) is 0 Å². The Balaban J connectivity index is 1.35. The molecule has 1 aliphatic rings. The second-order valence-corrected chi connectivity index (χ2v) is 7.21. The summed E-state index contributed by atoms with van der Waals surface area (Å²) >= 11 is 0. The molecule has 2 aromatic carbocycles. The quantitative estimate of drug-likeness (QED) is 0.694. The summed E-state index contributed by atoms with van der Waals surface area (Å²) in [4.78, 5) is 16.8. The zero-order valence-corrected chi connectivity index (χ0v) is 16.9. The molecule has 1 saturated heterocycles. The summed E-state index contributed by atoms with van der Waals surface area (Å²) in [6, 6.07) is 12.3. The highest BCUT2D eigenvalue weighted by Gasteiger charge is 2.30. The van der Waals surface area contributed by atoms with Gasteiger partial charge in [-0.1, -0.05) is 0 Å². The molecule has 0 atom stereocenters. The number of hydrogen-bond acceptors (Lipinski definition) is 4. The highest BCUT2D eigenvalue weighted by atomic mass is 19.4. The molecule has 0 unspecified atom stereocenters. The Morgan fingerprint density at radius 3 is 2.20 bits per heavy atom. The molecule has 1 amide bonds. The first-order valence-corrected chi connectivity index (χ1v) is 9.93. The standard InChI is InChI=1S/C22H26F3N3O2/c1-30-20-9-7-19(8-10-20)28-15-13-27(14-16-28)12-2-11-26-21(29)17-3-5-18(6-4-17)22(23,24)25/h3-10H,2,11-16H2,1H3,(H,26,29). The first-order chi connectivity index (χ1) is 14.4. The molecule has 30 heavy (non-hydrogen) atoms. The zero-order chi connectivity index (χ0) is 21.6. The average molecular weight is 421 g/mol. The molecule has 0 spiro atoms. The lowest BCUT2D eigenvalue weighted by Crippen LogP contribution is -2.47. The number of anilines is 1. The molecule has 1 fully saturated rings. The summed E-state index contributed by atoms with van der Waals surface area (Å²) < 4.78 is 42.9. The molecule has 3 rings (SSSR count). The summed E-state index contributed by atoms with van der Waals surface area (Å²) in [7, 11) is 1.65. The predicted molar refractivity (Wildman–Crippen MR) is 110 cm³/mol. The minimum Gasteiger partial charge on any atom is -0.497 e. The first-order valence-electron chi connectivity index (χ1n) is 9.93. The van der Waals surface area contributed by atoms with Gasteiger partial charge in [0.05, 0.1) is 12.7 Å². The largest absolute Gasteiger partial charge is 0.497 e. The molecule has 0 aromatic heterocycles. The van der Waals surface area contributed by atoms with E-state index < -0.39 is 11.7 Å². The van der Waals surface area contributed by atoms with Crippen molar-refractivity contribution in [2.75, 3.05) is 51.3 Å². The third-order valence-corrected chi connectivity index (χ3v) is 5.22. The van der Waals surface area contributed by atoms with Gasteiger partial charge in [0.25, 0.3) is 5.91 Å². The second kappa shape index (κ2) is 9.84. The van der Waals surface area contributed by atoms with Gasteiger partial charge in [-0.05, 0) is 61.5 Å². The molecule has 2 aromatic rings. The van der Waals surface area contributed by atoms with Gasteiger partial charge < -0.3 is 15.0 Å². The lowest BCUT2D eigenvalue weighted by molar-refractivity contribution is -0.137. The minimum atomic E-state index is -4.40. The number of piperazine rings is 1. The van der Waals surface area contributed by atoms with E-state index in [-0.39, 0.29) is 11.5 Å². The topological polar surface area (TPSA) is 44.8 Å². The molecular weight excluding hydrogens is 395 g/mol. The van der Waals surface area contributed by atoms with Crippen molar-refractivity contribution in [2.45, 2.75) is 12.6 Å². The summed E-state index contributed by atoms with van der Waals surface area (Å²) in [5.41, 5.74) is 0.656. The van der Waals surface area contributed by atoms with Crippen LogP contribution in [0.3, 0.4) is 0 Å². The predicted octanol–water partition coefficient (Wildman–Crippen LogP) is 3.66. The number of nitrogens with one attached hydrogen (secondary N) is 1. The van der Waals surface area contributed by atoms with Gasteiger partial charge in [0.1, 0.15) is 5.75 Å². The Morgan fingerprint density at radius 1 is 1.00 bits per heavy atom. The van der Waals surface area contributed by atoms with Crippen LogP contribution < -0.4 is 15.0 Å². The van der Waals surface area contributed by atoms with Gasteiger partial charge in [-0.25, -0.2) is 0 Å². The summed E-state index contributed by atoms with van der Waals surface area (Å²) in [6.45, 7) is 5.11. The van der Waals surface area contributed by atoms with E-state index in [0.29, 0.717) is 6.54 Å². The minimum absolute atomic E-state index is 0.233. The van der Waals surface area contributed by atoms with E-state index in [0.717, 1.165) is 57.0 Å². The molecule has 8 heteroatoms. The van der Waals surface area contributed by atoms with Crippen LogP contribution in [0, 0.1) is 0 Å². The summed E-state index contributed by atoms with van der Waals surface area (Å²) in [5.74, 6) is 0.490. The van der Waals surface area contributed by atoms with Gasteiger partial charge in [0.15, 0.2) is 0 Å². The Labute approximate surface area is 174 Å². The van der Waals surface area contributed by atoms with Crippen molar-refractivity contribution in [3.63, 3.8) is 0 Å². The molecule has 1 heterocycles. The Morgan fingerprint density at radius 2 is 1.63 bits per heavy atom. The molecule has 5 nitrogen and oxygen atoms in total. The number of benzene rings is 2. The third kappa shape index (κ3) is 5.89. The first kappa shape index (κ1) is 22.0. The van der Waals surface area contributed by atoms with E-state index >= 15 is 0 Å². The van der Waals surface area contributed by atoms with Gasteiger partial charge in [-0.2, -0.15) is 13.2 Å². The van der Waals surface area contributed by atoms with E-state index in [9.17, 15) is 18.0 Å². The number of halogens is 3. The van der Waals surface area contributed by atoms with E-state index in [1.54, 1.807) is 7.11 Å². The average Bonchev–Trinajstić information content (AvgIpc) is 2.76. The fraction of sp³-hybridized carbons (Fsp3) is 0.409. The van der Waals surface area contributed by atoms with Crippen molar-refractivity contribution in [1.82, 2.24) is 10.2 Å². The van der Waals surface area contributed by atoms with Gasteiger partial charge in [-0.15, -0.1) is 0 Å². The number of rotatable bonds is 7. The molecule has 1 aliphatic heterocycles. The van der Waals surface area contributed by atoms with Crippen molar-refractivity contribution in [3.8, 4) is 5.75 Å². The number of amides is 1. The zero-order valence-electron chi connectivity index (χ0n) is 16.9. The van der Waals surface area contributed by atoms with Crippen molar-refractivity contribution in [1.29, 1.82) is 0 Å². The Kier molecular flexibility index (Phi) is 7.20. The highest BCUT2D eigenvalue weighted by molar-refractivity contribution is 5.94. The fourth-order valence-electron chi connectivity index (χ4n) is 3.44. The van der Waals surface area contributed by atoms with Crippen LogP contribution in [-0.2, 0) is 6.18 Å². The highest BCUT2D eigenvalue weighted by Crippen LogP contribution is 2.29. The molecule has 1 N–H and O–H groups in total. The van der Waals surface area contributed by atoms with Crippen LogP contribution in [0.25, 0.3) is 0 Å². The fourth-order valence-corrected chi connectivity index (χ4v) is 3.44. The van der Waals surface area contributed by atoms with E-state index in [1.165, 1.54) is 17.8 Å². The maximum atomic E-state index is 12.6. The Bertz CT molecular complexity index is 815. The number of carbonyl (C=O) groups excluding carboxylic acids is 1. The van der Waals surface area contributed by atoms with Gasteiger partial charge in [-0.3, -0.25) is 9.69 Å². The number of alkyl halides is 3. The number of hydrogen-bond donors (Lipinski definition) is 1. The van der Waals surface area contributed by atoms with Gasteiger partial charge in [0, 0.05) is 44.0 Å². The second-order valence-electron chi connectivity index (χ2n) is 7.21. The van der Waals surface area contributed by atoms with E-state index in [2.05, 4.69) is 27.2 Å². The normalized spacial score (nSPS) is 15.1. The van der Waals surface area contributed by atoms with Crippen LogP contribution in [0.4, 0.5) is 18.9 Å². The lowest BCUT2D eigenvalue weighted by Gasteiger charge is -2.36. The maximum absolute atomic E-state index is 12.6. The Hall–Kier alpha value is -2.74. The number of nitrogens with zero attached hydrogens (tertiary/aromatic N) is 2.